The molecule has 3 nitrogen and oxygen atoms in total. The van der Waals surface area contributed by atoms with Crippen molar-refractivity contribution in [3.8, 4) is 0 Å². The summed E-state index contributed by atoms with van der Waals surface area (Å²) in [5, 5.41) is 8.44. The minimum Gasteiger partial charge on any atom is -0.481 e. The molecule has 1 rings (SSSR count). The lowest BCUT2D eigenvalue weighted by atomic mass is 10.2. The number of hydrogen-bond acceptors (Lipinski definition) is 2. The SMILES string of the molecule is Cc1cccc(S(=O)CCCC(=O)O)c1. The highest BCUT2D eigenvalue weighted by atomic mass is 32.2. The first-order valence-corrected chi connectivity index (χ1v) is 6.08. The average Bonchev–Trinajstić information content (AvgIpc) is 2.17. The molecule has 0 saturated carbocycles. The van der Waals surface area contributed by atoms with Gasteiger partial charge in [-0.05, 0) is 31.0 Å². The summed E-state index contributed by atoms with van der Waals surface area (Å²) < 4.78 is 11.7. The van der Waals surface area contributed by atoms with Crippen LogP contribution in [0.3, 0.4) is 0 Å². The number of aryl methyl sites for hydroxylation is 1. The number of hydrogen-bond donors (Lipinski definition) is 1. The van der Waals surface area contributed by atoms with Crippen LogP contribution in [-0.2, 0) is 15.6 Å². The molecule has 1 aromatic carbocycles. The van der Waals surface area contributed by atoms with Gasteiger partial charge in [0.1, 0.15) is 0 Å². The molecule has 0 aliphatic heterocycles. The minimum absolute atomic E-state index is 0.0809. The standard InChI is InChI=1S/C11H14O3S/c1-9-4-2-5-10(8-9)15(14)7-3-6-11(12)13/h2,4-5,8H,3,6-7H2,1H3,(H,12,13). The highest BCUT2D eigenvalue weighted by Gasteiger charge is 2.05. The number of rotatable bonds is 5. The molecule has 82 valence electrons. The number of benzene rings is 1. The van der Waals surface area contributed by atoms with Gasteiger partial charge in [0.2, 0.25) is 0 Å². The molecule has 0 aromatic heterocycles. The molecule has 1 unspecified atom stereocenters. The van der Waals surface area contributed by atoms with Gasteiger partial charge in [-0.3, -0.25) is 9.00 Å². The summed E-state index contributed by atoms with van der Waals surface area (Å²) in [6.45, 7) is 1.94. The van der Waals surface area contributed by atoms with Crippen LogP contribution >= 0.6 is 0 Å². The quantitative estimate of drug-likeness (QED) is 0.835. The lowest BCUT2D eigenvalue weighted by molar-refractivity contribution is -0.137. The van der Waals surface area contributed by atoms with E-state index in [1.807, 2.05) is 31.2 Å². The van der Waals surface area contributed by atoms with Crippen LogP contribution in [0.4, 0.5) is 0 Å². The van der Waals surface area contributed by atoms with Crippen molar-refractivity contribution in [3.05, 3.63) is 29.8 Å². The number of carboxylic acids is 1. The van der Waals surface area contributed by atoms with Gasteiger partial charge in [-0.2, -0.15) is 0 Å². The molecular formula is C11H14O3S. The molecule has 0 aliphatic carbocycles. The van der Waals surface area contributed by atoms with Crippen LogP contribution in [0.25, 0.3) is 0 Å². The summed E-state index contributed by atoms with van der Waals surface area (Å²) in [7, 11) is -1.07. The van der Waals surface area contributed by atoms with Crippen molar-refractivity contribution in [1.29, 1.82) is 0 Å². The predicted octanol–water partition coefficient (Wildman–Crippen LogP) is 1.97. The summed E-state index contributed by atoms with van der Waals surface area (Å²) >= 11 is 0. The van der Waals surface area contributed by atoms with Gasteiger partial charge in [0.25, 0.3) is 0 Å². The molecule has 0 amide bonds. The van der Waals surface area contributed by atoms with E-state index in [-0.39, 0.29) is 6.42 Å². The van der Waals surface area contributed by atoms with E-state index < -0.39 is 16.8 Å². The maximum absolute atomic E-state index is 11.7. The Morgan fingerprint density at radius 2 is 2.20 bits per heavy atom. The Balaban J connectivity index is 2.50. The summed E-state index contributed by atoms with van der Waals surface area (Å²) in [5.41, 5.74) is 1.07. The van der Waals surface area contributed by atoms with Crippen molar-refractivity contribution in [3.63, 3.8) is 0 Å². The third-order valence-corrected chi connectivity index (χ3v) is 3.41. The van der Waals surface area contributed by atoms with Crippen LogP contribution in [0.5, 0.6) is 0 Å². The van der Waals surface area contributed by atoms with Gasteiger partial charge >= 0.3 is 5.97 Å². The van der Waals surface area contributed by atoms with E-state index >= 15 is 0 Å². The average molecular weight is 226 g/mol. The van der Waals surface area contributed by atoms with Crippen LogP contribution in [0.15, 0.2) is 29.2 Å². The number of aliphatic carboxylic acids is 1. The molecule has 0 fully saturated rings. The third-order valence-electron chi connectivity index (χ3n) is 1.97. The molecule has 0 saturated heterocycles. The molecule has 1 aromatic rings. The van der Waals surface area contributed by atoms with Crippen molar-refractivity contribution < 1.29 is 14.1 Å². The Labute approximate surface area is 91.6 Å². The molecule has 4 heteroatoms. The van der Waals surface area contributed by atoms with Gasteiger partial charge in [0.15, 0.2) is 0 Å². The molecule has 0 heterocycles. The van der Waals surface area contributed by atoms with Gasteiger partial charge < -0.3 is 5.11 Å². The number of carbonyl (C=O) groups is 1. The van der Waals surface area contributed by atoms with Gasteiger partial charge in [-0.1, -0.05) is 12.1 Å². The second-order valence-electron chi connectivity index (χ2n) is 3.36. The molecule has 1 N–H and O–H groups in total. The second-order valence-corrected chi connectivity index (χ2v) is 4.93. The molecule has 15 heavy (non-hydrogen) atoms. The fourth-order valence-electron chi connectivity index (χ4n) is 1.23. The van der Waals surface area contributed by atoms with E-state index in [0.29, 0.717) is 12.2 Å². The van der Waals surface area contributed by atoms with Crippen molar-refractivity contribution in [1.82, 2.24) is 0 Å². The Hall–Kier alpha value is -1.16. The fourth-order valence-corrected chi connectivity index (χ4v) is 2.42. The smallest absolute Gasteiger partial charge is 0.303 e. The van der Waals surface area contributed by atoms with E-state index in [9.17, 15) is 9.00 Å². The van der Waals surface area contributed by atoms with Crippen molar-refractivity contribution in [2.24, 2.45) is 0 Å². The Bertz CT molecular complexity index is 374. The highest BCUT2D eigenvalue weighted by molar-refractivity contribution is 7.85. The monoisotopic (exact) mass is 226 g/mol. The van der Waals surface area contributed by atoms with Crippen LogP contribution in [0.2, 0.25) is 0 Å². The molecule has 0 radical (unpaired) electrons. The summed E-state index contributed by atoms with van der Waals surface area (Å²) in [6, 6.07) is 7.48. The molecule has 0 bridgehead atoms. The van der Waals surface area contributed by atoms with Crippen LogP contribution in [0, 0.1) is 6.92 Å². The van der Waals surface area contributed by atoms with Crippen molar-refractivity contribution >= 4 is 16.8 Å². The van der Waals surface area contributed by atoms with E-state index in [1.165, 1.54) is 0 Å². The second kappa shape index (κ2) is 5.66. The lowest BCUT2D eigenvalue weighted by Crippen LogP contribution is -2.02. The van der Waals surface area contributed by atoms with Crippen molar-refractivity contribution in [2.75, 3.05) is 5.75 Å². The number of carboxylic acid groups (broad SMARTS) is 1. The van der Waals surface area contributed by atoms with Crippen LogP contribution in [-0.4, -0.2) is 21.0 Å². The predicted molar refractivity (Wildman–Crippen MR) is 59.3 cm³/mol. The third kappa shape index (κ3) is 4.25. The van der Waals surface area contributed by atoms with Gasteiger partial charge in [0.05, 0.1) is 10.8 Å². The normalized spacial score (nSPS) is 12.3. The highest BCUT2D eigenvalue weighted by Crippen LogP contribution is 2.10. The maximum atomic E-state index is 11.7. The topological polar surface area (TPSA) is 54.4 Å². The van der Waals surface area contributed by atoms with Gasteiger partial charge in [0, 0.05) is 17.1 Å². The Morgan fingerprint density at radius 1 is 1.47 bits per heavy atom. The minimum atomic E-state index is -1.07. The van der Waals surface area contributed by atoms with Crippen LogP contribution in [0.1, 0.15) is 18.4 Å². The maximum Gasteiger partial charge on any atom is 0.303 e. The van der Waals surface area contributed by atoms with Crippen molar-refractivity contribution in [2.45, 2.75) is 24.7 Å². The lowest BCUT2D eigenvalue weighted by Gasteiger charge is -2.01. The van der Waals surface area contributed by atoms with Gasteiger partial charge in [-0.25, -0.2) is 0 Å². The zero-order valence-electron chi connectivity index (χ0n) is 8.60. The first-order chi connectivity index (χ1) is 7.09. The van der Waals surface area contributed by atoms with E-state index in [4.69, 9.17) is 5.11 Å². The Kier molecular flexibility index (Phi) is 4.49. The van der Waals surface area contributed by atoms with Crippen LogP contribution < -0.4 is 0 Å². The van der Waals surface area contributed by atoms with E-state index in [2.05, 4.69) is 0 Å². The van der Waals surface area contributed by atoms with Gasteiger partial charge in [-0.15, -0.1) is 0 Å². The summed E-state index contributed by atoms with van der Waals surface area (Å²) in [5.74, 6) is -0.424. The molecule has 0 spiro atoms. The largest absolute Gasteiger partial charge is 0.481 e. The first-order valence-electron chi connectivity index (χ1n) is 4.76. The zero-order chi connectivity index (χ0) is 11.3. The zero-order valence-corrected chi connectivity index (χ0v) is 9.42. The Morgan fingerprint density at radius 3 is 2.80 bits per heavy atom. The first kappa shape index (κ1) is 11.9. The summed E-state index contributed by atoms with van der Waals surface area (Å²) in [4.78, 5) is 11.1. The fraction of sp³-hybridized carbons (Fsp3) is 0.364. The summed E-state index contributed by atoms with van der Waals surface area (Å²) in [6.07, 6.45) is 0.535. The molecular weight excluding hydrogens is 212 g/mol. The van der Waals surface area contributed by atoms with E-state index in [0.717, 1.165) is 10.5 Å². The van der Waals surface area contributed by atoms with E-state index in [1.54, 1.807) is 0 Å². The molecule has 0 aliphatic rings. The molecule has 1 atom stereocenters.